The third-order valence-electron chi connectivity index (χ3n) is 3.78. The summed E-state index contributed by atoms with van der Waals surface area (Å²) in [4.78, 5) is 12.7. The van der Waals surface area contributed by atoms with Crippen molar-refractivity contribution in [1.82, 2.24) is 5.32 Å². The highest BCUT2D eigenvalue weighted by Crippen LogP contribution is 2.34. The van der Waals surface area contributed by atoms with E-state index >= 15 is 0 Å². The number of benzene rings is 2. The molecule has 1 aliphatic rings. The van der Waals surface area contributed by atoms with Crippen molar-refractivity contribution in [2.24, 2.45) is 0 Å². The maximum Gasteiger partial charge on any atom is 0.253 e. The Morgan fingerprint density at radius 1 is 1.24 bits per heavy atom. The largest absolute Gasteiger partial charge is 0.493 e. The van der Waals surface area contributed by atoms with Crippen molar-refractivity contribution in [3.8, 4) is 5.75 Å². The van der Waals surface area contributed by atoms with Gasteiger partial charge in [-0.3, -0.25) is 9.52 Å². The molecule has 2 N–H and O–H groups in total. The number of anilines is 1. The van der Waals surface area contributed by atoms with Crippen molar-refractivity contribution >= 4 is 37.5 Å². The van der Waals surface area contributed by atoms with Gasteiger partial charge in [0.25, 0.3) is 5.91 Å². The van der Waals surface area contributed by atoms with Gasteiger partial charge in [0.1, 0.15) is 5.75 Å². The molecule has 6 nitrogen and oxygen atoms in total. The number of carbonyl (C=O) groups is 1. The summed E-state index contributed by atoms with van der Waals surface area (Å²) in [5.74, 6) is 0.395. The lowest BCUT2D eigenvalue weighted by Gasteiger charge is -2.27. The third kappa shape index (κ3) is 4.32. The van der Waals surface area contributed by atoms with E-state index in [-0.39, 0.29) is 23.2 Å². The van der Waals surface area contributed by atoms with Gasteiger partial charge in [-0.05, 0) is 30.3 Å². The Morgan fingerprint density at radius 2 is 2.00 bits per heavy atom. The maximum atomic E-state index is 12.7. The average Bonchev–Trinajstić information content (AvgIpc) is 2.54. The predicted octanol–water partition coefficient (Wildman–Crippen LogP) is 3.07. The smallest absolute Gasteiger partial charge is 0.253 e. The molecule has 0 saturated heterocycles. The van der Waals surface area contributed by atoms with Crippen LogP contribution in [0.3, 0.4) is 0 Å². The minimum atomic E-state index is -3.48. The number of carbonyl (C=O) groups excluding carboxylic acids is 1. The number of sulfonamides is 1. The first-order valence-electron chi connectivity index (χ1n) is 7.63. The van der Waals surface area contributed by atoms with Crippen LogP contribution in [0.5, 0.6) is 5.75 Å². The van der Waals surface area contributed by atoms with Crippen LogP contribution in [0.2, 0.25) is 0 Å². The Morgan fingerprint density at radius 3 is 2.76 bits per heavy atom. The van der Waals surface area contributed by atoms with Crippen molar-refractivity contribution in [3.05, 3.63) is 58.1 Å². The molecule has 0 saturated carbocycles. The second kappa shape index (κ2) is 7.05. The van der Waals surface area contributed by atoms with Crippen LogP contribution in [-0.4, -0.2) is 27.2 Å². The quantitative estimate of drug-likeness (QED) is 0.789. The summed E-state index contributed by atoms with van der Waals surface area (Å²) in [5.41, 5.74) is 1.42. The van der Waals surface area contributed by atoms with E-state index in [4.69, 9.17) is 4.74 Å². The number of para-hydroxylation sites is 1. The van der Waals surface area contributed by atoms with Crippen LogP contribution in [0.4, 0.5) is 5.69 Å². The van der Waals surface area contributed by atoms with Gasteiger partial charge in [-0.15, -0.1) is 0 Å². The Labute approximate surface area is 154 Å². The SMILES string of the molecule is CS(=O)(=O)Nc1ccccc1C(=O)NC1CCOc2ccc(Br)cc21. The van der Waals surface area contributed by atoms with Crippen molar-refractivity contribution < 1.29 is 17.9 Å². The molecule has 1 amide bonds. The second-order valence-corrected chi connectivity index (χ2v) is 8.43. The van der Waals surface area contributed by atoms with Crippen LogP contribution in [0.1, 0.15) is 28.4 Å². The summed E-state index contributed by atoms with van der Waals surface area (Å²) in [5, 5.41) is 2.97. The highest BCUT2D eigenvalue weighted by molar-refractivity contribution is 9.10. The summed E-state index contributed by atoms with van der Waals surface area (Å²) in [6, 6.07) is 12.0. The Bertz CT molecular complexity index is 915. The summed E-state index contributed by atoms with van der Waals surface area (Å²) >= 11 is 3.43. The Kier molecular flexibility index (Phi) is 5.01. The molecule has 1 aliphatic heterocycles. The van der Waals surface area contributed by atoms with E-state index < -0.39 is 10.0 Å². The van der Waals surface area contributed by atoms with Crippen molar-refractivity contribution in [3.63, 3.8) is 0 Å². The number of hydrogen-bond donors (Lipinski definition) is 2. The van der Waals surface area contributed by atoms with E-state index in [2.05, 4.69) is 26.0 Å². The standard InChI is InChI=1S/C17H17BrN2O4S/c1-25(22,23)20-15-5-3-2-4-12(15)17(21)19-14-8-9-24-16-7-6-11(18)10-13(14)16/h2-7,10,14,20H,8-9H2,1H3,(H,19,21). The normalized spacial score (nSPS) is 16.5. The summed E-state index contributed by atoms with van der Waals surface area (Å²) < 4.78 is 31.9. The van der Waals surface area contributed by atoms with E-state index in [1.54, 1.807) is 24.3 Å². The molecular formula is C17H17BrN2O4S. The van der Waals surface area contributed by atoms with Crippen LogP contribution in [0.15, 0.2) is 46.9 Å². The molecule has 0 radical (unpaired) electrons. The minimum absolute atomic E-state index is 0.208. The molecule has 0 bridgehead atoms. The van der Waals surface area contributed by atoms with Gasteiger partial charge in [0.15, 0.2) is 0 Å². The molecule has 1 atom stereocenters. The monoisotopic (exact) mass is 424 g/mol. The minimum Gasteiger partial charge on any atom is -0.493 e. The van der Waals surface area contributed by atoms with Gasteiger partial charge >= 0.3 is 0 Å². The zero-order valence-electron chi connectivity index (χ0n) is 13.5. The number of fused-ring (bicyclic) bond motifs is 1. The molecule has 2 aromatic carbocycles. The predicted molar refractivity (Wildman–Crippen MR) is 99.4 cm³/mol. The zero-order chi connectivity index (χ0) is 18.0. The summed E-state index contributed by atoms with van der Waals surface area (Å²) in [6.07, 6.45) is 1.69. The van der Waals surface area contributed by atoms with E-state index in [0.717, 1.165) is 22.0 Å². The molecule has 0 aliphatic carbocycles. The molecule has 0 spiro atoms. The van der Waals surface area contributed by atoms with Crippen LogP contribution in [0.25, 0.3) is 0 Å². The summed E-state index contributed by atoms with van der Waals surface area (Å²) in [6.45, 7) is 0.503. The lowest BCUT2D eigenvalue weighted by Crippen LogP contribution is -2.32. The molecule has 2 aromatic rings. The highest BCUT2D eigenvalue weighted by atomic mass is 79.9. The van der Waals surface area contributed by atoms with E-state index in [0.29, 0.717) is 13.0 Å². The first kappa shape index (κ1) is 17.8. The van der Waals surface area contributed by atoms with Gasteiger partial charge in [0.05, 0.1) is 30.2 Å². The number of nitrogens with one attached hydrogen (secondary N) is 2. The fraction of sp³-hybridized carbons (Fsp3) is 0.235. The second-order valence-electron chi connectivity index (χ2n) is 5.77. The van der Waals surface area contributed by atoms with Gasteiger partial charge in [-0.25, -0.2) is 8.42 Å². The molecule has 3 rings (SSSR count). The first-order chi connectivity index (χ1) is 11.8. The number of amides is 1. The van der Waals surface area contributed by atoms with Crippen molar-refractivity contribution in [2.75, 3.05) is 17.6 Å². The summed E-state index contributed by atoms with van der Waals surface area (Å²) in [7, 11) is -3.48. The van der Waals surface area contributed by atoms with E-state index in [1.807, 2.05) is 18.2 Å². The van der Waals surface area contributed by atoms with E-state index in [9.17, 15) is 13.2 Å². The lowest BCUT2D eigenvalue weighted by atomic mass is 10.00. The maximum absolute atomic E-state index is 12.7. The average molecular weight is 425 g/mol. The topological polar surface area (TPSA) is 84.5 Å². The highest BCUT2D eigenvalue weighted by Gasteiger charge is 2.25. The van der Waals surface area contributed by atoms with Crippen LogP contribution >= 0.6 is 15.9 Å². The number of halogens is 1. The van der Waals surface area contributed by atoms with Gasteiger partial charge in [-0.2, -0.15) is 0 Å². The molecule has 1 heterocycles. The first-order valence-corrected chi connectivity index (χ1v) is 10.3. The fourth-order valence-electron chi connectivity index (χ4n) is 2.72. The molecule has 0 fully saturated rings. The molecule has 1 unspecified atom stereocenters. The van der Waals surface area contributed by atoms with Crippen LogP contribution in [0, 0.1) is 0 Å². The van der Waals surface area contributed by atoms with Gasteiger partial charge in [-0.1, -0.05) is 28.1 Å². The van der Waals surface area contributed by atoms with Crippen molar-refractivity contribution in [1.29, 1.82) is 0 Å². The van der Waals surface area contributed by atoms with Crippen LogP contribution in [-0.2, 0) is 10.0 Å². The molecule has 132 valence electrons. The molecular weight excluding hydrogens is 408 g/mol. The van der Waals surface area contributed by atoms with E-state index in [1.165, 1.54) is 0 Å². The van der Waals surface area contributed by atoms with Crippen molar-refractivity contribution in [2.45, 2.75) is 12.5 Å². The molecule has 0 aromatic heterocycles. The number of rotatable bonds is 4. The zero-order valence-corrected chi connectivity index (χ0v) is 15.9. The Balaban J connectivity index is 1.86. The van der Waals surface area contributed by atoms with Gasteiger partial charge < -0.3 is 10.1 Å². The number of hydrogen-bond acceptors (Lipinski definition) is 4. The van der Waals surface area contributed by atoms with Gasteiger partial charge in [0.2, 0.25) is 10.0 Å². The number of ether oxygens (including phenoxy) is 1. The molecule has 8 heteroatoms. The van der Waals surface area contributed by atoms with Gasteiger partial charge in [0, 0.05) is 16.5 Å². The third-order valence-corrected chi connectivity index (χ3v) is 4.87. The lowest BCUT2D eigenvalue weighted by molar-refractivity contribution is 0.0925. The fourth-order valence-corrected chi connectivity index (χ4v) is 3.68. The Hall–Kier alpha value is -2.06. The van der Waals surface area contributed by atoms with Crippen LogP contribution < -0.4 is 14.8 Å². The molecule has 25 heavy (non-hydrogen) atoms.